The van der Waals surface area contributed by atoms with Crippen LogP contribution < -0.4 is 4.90 Å². The molecule has 2 aromatic rings. The van der Waals surface area contributed by atoms with Gasteiger partial charge in [0.2, 0.25) is 5.91 Å². The molecule has 0 unspecified atom stereocenters. The summed E-state index contributed by atoms with van der Waals surface area (Å²) in [5.74, 6) is 6.29. The van der Waals surface area contributed by atoms with E-state index >= 15 is 0 Å². The first-order valence-electron chi connectivity index (χ1n) is 9.39. The summed E-state index contributed by atoms with van der Waals surface area (Å²) in [5.41, 5.74) is 0.603. The Morgan fingerprint density at radius 1 is 1.11 bits per heavy atom. The molecule has 0 bridgehead atoms. The molecule has 1 heterocycles. The topological polar surface area (TPSA) is 73.7 Å². The van der Waals surface area contributed by atoms with Gasteiger partial charge in [-0.05, 0) is 43.2 Å². The summed E-state index contributed by atoms with van der Waals surface area (Å²) in [6.45, 7) is 0. The number of aromatic hydroxyl groups is 2. The van der Waals surface area contributed by atoms with Gasteiger partial charge in [-0.1, -0.05) is 37.2 Å². The SMILES string of the molecule is O=C(CCC#Cc1ccc(O)c(O)c1)N(c1ccccn1)C1CCCCC1. The van der Waals surface area contributed by atoms with Crippen LogP contribution >= 0.6 is 0 Å². The summed E-state index contributed by atoms with van der Waals surface area (Å²) in [6.07, 6.45) is 8.01. The standard InChI is InChI=1S/C22H24N2O3/c25-19-14-13-17(16-20(19)26)8-4-5-12-22(27)24(18-9-2-1-3-10-18)21-11-6-7-15-23-21/h6-7,11,13-16,18,25-26H,1-3,5,9-10,12H2. The molecule has 3 rings (SSSR count). The summed E-state index contributed by atoms with van der Waals surface area (Å²) < 4.78 is 0. The summed E-state index contributed by atoms with van der Waals surface area (Å²) in [4.78, 5) is 19.1. The van der Waals surface area contributed by atoms with Crippen LogP contribution in [0.1, 0.15) is 50.5 Å². The molecule has 0 atom stereocenters. The quantitative estimate of drug-likeness (QED) is 0.635. The highest BCUT2D eigenvalue weighted by atomic mass is 16.3. The highest BCUT2D eigenvalue weighted by molar-refractivity contribution is 5.93. The number of aromatic nitrogens is 1. The van der Waals surface area contributed by atoms with Gasteiger partial charge in [0, 0.05) is 30.6 Å². The summed E-state index contributed by atoms with van der Waals surface area (Å²) in [7, 11) is 0. The van der Waals surface area contributed by atoms with E-state index < -0.39 is 0 Å². The largest absolute Gasteiger partial charge is 0.504 e. The fourth-order valence-corrected chi connectivity index (χ4v) is 3.41. The van der Waals surface area contributed by atoms with Crippen LogP contribution in [0.3, 0.4) is 0 Å². The number of pyridine rings is 1. The molecule has 1 aromatic heterocycles. The molecular weight excluding hydrogens is 340 g/mol. The Morgan fingerprint density at radius 3 is 2.63 bits per heavy atom. The lowest BCUT2D eigenvalue weighted by molar-refractivity contribution is -0.119. The van der Waals surface area contributed by atoms with Crippen molar-refractivity contribution in [1.82, 2.24) is 4.98 Å². The molecule has 1 amide bonds. The van der Waals surface area contributed by atoms with Crippen molar-refractivity contribution < 1.29 is 15.0 Å². The second-order valence-electron chi connectivity index (χ2n) is 6.75. The maximum absolute atomic E-state index is 12.9. The molecule has 0 aliphatic heterocycles. The van der Waals surface area contributed by atoms with Crippen molar-refractivity contribution in [2.75, 3.05) is 4.90 Å². The number of nitrogens with zero attached hydrogens (tertiary/aromatic N) is 2. The third-order valence-electron chi connectivity index (χ3n) is 4.78. The zero-order valence-corrected chi connectivity index (χ0v) is 15.3. The molecule has 1 aromatic carbocycles. The van der Waals surface area contributed by atoms with Gasteiger partial charge in [0.05, 0.1) is 0 Å². The van der Waals surface area contributed by atoms with E-state index in [0.717, 1.165) is 25.7 Å². The Bertz CT molecular complexity index is 834. The number of benzene rings is 1. The minimum atomic E-state index is -0.198. The lowest BCUT2D eigenvalue weighted by Gasteiger charge is -2.33. The smallest absolute Gasteiger partial charge is 0.229 e. The molecule has 1 saturated carbocycles. The number of carbonyl (C=O) groups excluding carboxylic acids is 1. The average molecular weight is 364 g/mol. The second kappa shape index (κ2) is 9.09. The average Bonchev–Trinajstić information content (AvgIpc) is 2.70. The molecule has 1 aliphatic carbocycles. The lowest BCUT2D eigenvalue weighted by atomic mass is 9.94. The third-order valence-corrected chi connectivity index (χ3v) is 4.78. The van der Waals surface area contributed by atoms with E-state index in [1.807, 2.05) is 23.1 Å². The van der Waals surface area contributed by atoms with Gasteiger partial charge in [-0.15, -0.1) is 0 Å². The number of phenolic OH excluding ortho intramolecular Hbond substituents is 2. The Labute approximate surface area is 159 Å². The molecule has 2 N–H and O–H groups in total. The fraction of sp³-hybridized carbons (Fsp3) is 0.364. The van der Waals surface area contributed by atoms with E-state index in [1.165, 1.54) is 18.6 Å². The van der Waals surface area contributed by atoms with Crippen LogP contribution in [-0.4, -0.2) is 27.1 Å². The Morgan fingerprint density at radius 2 is 1.93 bits per heavy atom. The molecule has 5 heteroatoms. The van der Waals surface area contributed by atoms with Crippen LogP contribution in [0.15, 0.2) is 42.6 Å². The minimum Gasteiger partial charge on any atom is -0.504 e. The van der Waals surface area contributed by atoms with Crippen molar-refractivity contribution in [3.05, 3.63) is 48.2 Å². The zero-order chi connectivity index (χ0) is 19.1. The molecule has 1 fully saturated rings. The maximum atomic E-state index is 12.9. The summed E-state index contributed by atoms with van der Waals surface area (Å²) >= 11 is 0. The number of phenols is 2. The Balaban J connectivity index is 1.66. The molecule has 1 aliphatic rings. The van der Waals surface area contributed by atoms with Crippen molar-refractivity contribution in [1.29, 1.82) is 0 Å². The van der Waals surface area contributed by atoms with E-state index in [2.05, 4.69) is 16.8 Å². The first-order chi connectivity index (χ1) is 13.1. The Kier molecular flexibility index (Phi) is 6.32. The van der Waals surface area contributed by atoms with E-state index in [9.17, 15) is 15.0 Å². The first kappa shape index (κ1) is 18.8. The van der Waals surface area contributed by atoms with Gasteiger partial charge in [-0.3, -0.25) is 9.69 Å². The highest BCUT2D eigenvalue weighted by Gasteiger charge is 2.27. The monoisotopic (exact) mass is 364 g/mol. The first-order valence-corrected chi connectivity index (χ1v) is 9.39. The second-order valence-corrected chi connectivity index (χ2v) is 6.75. The van der Waals surface area contributed by atoms with Gasteiger partial charge in [0.25, 0.3) is 0 Å². The Hall–Kier alpha value is -3.00. The van der Waals surface area contributed by atoms with Gasteiger partial charge in [-0.25, -0.2) is 4.98 Å². The summed E-state index contributed by atoms with van der Waals surface area (Å²) in [6, 6.07) is 10.3. The molecule has 5 nitrogen and oxygen atoms in total. The molecule has 27 heavy (non-hydrogen) atoms. The van der Waals surface area contributed by atoms with Crippen LogP contribution in [0.2, 0.25) is 0 Å². The van der Waals surface area contributed by atoms with Crippen molar-refractivity contribution >= 4 is 11.7 Å². The molecule has 140 valence electrons. The molecule has 0 saturated heterocycles. The van der Waals surface area contributed by atoms with Crippen LogP contribution in [0.4, 0.5) is 5.82 Å². The highest BCUT2D eigenvalue weighted by Crippen LogP contribution is 2.27. The van der Waals surface area contributed by atoms with E-state index in [4.69, 9.17) is 0 Å². The normalized spacial score (nSPS) is 14.2. The van der Waals surface area contributed by atoms with Crippen LogP contribution in [0.5, 0.6) is 11.5 Å². The van der Waals surface area contributed by atoms with Crippen LogP contribution in [0, 0.1) is 11.8 Å². The molecular formula is C22H24N2O3. The van der Waals surface area contributed by atoms with E-state index in [0.29, 0.717) is 24.2 Å². The predicted octanol–water partition coefficient (Wildman–Crippen LogP) is 3.99. The zero-order valence-electron chi connectivity index (χ0n) is 15.3. The number of amides is 1. The number of carbonyl (C=O) groups is 1. The van der Waals surface area contributed by atoms with E-state index in [1.54, 1.807) is 12.3 Å². The van der Waals surface area contributed by atoms with Crippen LogP contribution in [-0.2, 0) is 4.79 Å². The van der Waals surface area contributed by atoms with Gasteiger partial charge < -0.3 is 10.2 Å². The predicted molar refractivity (Wildman–Crippen MR) is 104 cm³/mol. The lowest BCUT2D eigenvalue weighted by Crippen LogP contribution is -2.42. The molecule has 0 spiro atoms. The molecule has 0 radical (unpaired) electrons. The van der Waals surface area contributed by atoms with Gasteiger partial charge in [-0.2, -0.15) is 0 Å². The third kappa shape index (κ3) is 5.01. The van der Waals surface area contributed by atoms with Crippen molar-refractivity contribution in [3.63, 3.8) is 0 Å². The number of hydrogen-bond donors (Lipinski definition) is 2. The van der Waals surface area contributed by atoms with E-state index in [-0.39, 0.29) is 23.4 Å². The van der Waals surface area contributed by atoms with Crippen molar-refractivity contribution in [2.24, 2.45) is 0 Å². The number of rotatable bonds is 4. The summed E-state index contributed by atoms with van der Waals surface area (Å²) in [5, 5.41) is 18.8. The number of hydrogen-bond acceptors (Lipinski definition) is 4. The van der Waals surface area contributed by atoms with Gasteiger partial charge in [0.1, 0.15) is 5.82 Å². The van der Waals surface area contributed by atoms with Gasteiger partial charge >= 0.3 is 0 Å². The minimum absolute atomic E-state index is 0.0449. The fourth-order valence-electron chi connectivity index (χ4n) is 3.41. The van der Waals surface area contributed by atoms with Crippen molar-refractivity contribution in [3.8, 4) is 23.3 Å². The van der Waals surface area contributed by atoms with Crippen LogP contribution in [0.25, 0.3) is 0 Å². The van der Waals surface area contributed by atoms with Gasteiger partial charge in [0.15, 0.2) is 11.5 Å². The number of anilines is 1. The van der Waals surface area contributed by atoms with Crippen molar-refractivity contribution in [2.45, 2.75) is 51.0 Å². The maximum Gasteiger partial charge on any atom is 0.229 e.